The largest absolute Gasteiger partial charge is 0.497 e. The van der Waals surface area contributed by atoms with Crippen LogP contribution in [0.25, 0.3) is 0 Å². The minimum absolute atomic E-state index is 0.0544. The van der Waals surface area contributed by atoms with E-state index in [2.05, 4.69) is 10.5 Å². The first kappa shape index (κ1) is 23.4. The fourth-order valence-corrected chi connectivity index (χ4v) is 4.70. The zero-order valence-corrected chi connectivity index (χ0v) is 20.4. The Bertz CT molecular complexity index is 1380. The smallest absolute Gasteiger partial charge is 0.277 e. The van der Waals surface area contributed by atoms with Gasteiger partial charge < -0.3 is 24.4 Å². The number of anilines is 1. The van der Waals surface area contributed by atoms with Crippen LogP contribution >= 0.6 is 0 Å². The van der Waals surface area contributed by atoms with E-state index in [0.29, 0.717) is 45.3 Å². The molecule has 2 aliphatic rings. The van der Waals surface area contributed by atoms with Gasteiger partial charge >= 0.3 is 0 Å². The van der Waals surface area contributed by atoms with Crippen LogP contribution in [0.4, 0.5) is 5.69 Å². The first-order valence-electron chi connectivity index (χ1n) is 11.6. The molecule has 2 heterocycles. The molecule has 8 nitrogen and oxygen atoms in total. The fourth-order valence-electron chi connectivity index (χ4n) is 4.70. The van der Waals surface area contributed by atoms with Gasteiger partial charge in [0, 0.05) is 22.4 Å². The van der Waals surface area contributed by atoms with Crippen LogP contribution in [0.15, 0.2) is 71.9 Å². The molecule has 0 saturated carbocycles. The van der Waals surface area contributed by atoms with Crippen molar-refractivity contribution in [1.29, 1.82) is 0 Å². The van der Waals surface area contributed by atoms with Crippen LogP contribution in [0.3, 0.4) is 0 Å². The van der Waals surface area contributed by atoms with Crippen LogP contribution in [0.2, 0.25) is 0 Å². The number of ether oxygens (including phenoxy) is 3. The number of hydrogen-bond donors (Lipinski definition) is 1. The van der Waals surface area contributed by atoms with Gasteiger partial charge in [0.1, 0.15) is 17.4 Å². The van der Waals surface area contributed by atoms with Crippen molar-refractivity contribution in [2.45, 2.75) is 25.6 Å². The van der Waals surface area contributed by atoms with Crippen molar-refractivity contribution in [3.63, 3.8) is 0 Å². The number of amides is 1. The van der Waals surface area contributed by atoms with Gasteiger partial charge in [0.25, 0.3) is 11.5 Å². The van der Waals surface area contributed by atoms with Gasteiger partial charge in [-0.3, -0.25) is 9.59 Å². The van der Waals surface area contributed by atoms with E-state index in [1.807, 2.05) is 19.9 Å². The van der Waals surface area contributed by atoms with Gasteiger partial charge in [0.15, 0.2) is 17.3 Å². The molecule has 0 aliphatic carbocycles. The molecule has 2 aliphatic heterocycles. The number of carbonyl (C=O) groups is 2. The summed E-state index contributed by atoms with van der Waals surface area (Å²) in [6.07, 6.45) is -0.0544. The van der Waals surface area contributed by atoms with Crippen LogP contribution in [-0.4, -0.2) is 37.7 Å². The summed E-state index contributed by atoms with van der Waals surface area (Å²) >= 11 is 0. The molecule has 8 heteroatoms. The molecular weight excluding hydrogens is 460 g/mol. The second-order valence-corrected chi connectivity index (χ2v) is 8.86. The molecule has 184 valence electrons. The molecule has 1 N–H and O–H groups in total. The number of carbonyl (C=O) groups excluding carboxylic acids is 2. The Kier molecular flexibility index (Phi) is 5.88. The lowest BCUT2D eigenvalue weighted by Gasteiger charge is -2.27. The van der Waals surface area contributed by atoms with Crippen molar-refractivity contribution >= 4 is 23.1 Å². The molecule has 36 heavy (non-hydrogen) atoms. The Balaban J connectivity index is 1.66. The number of fused-ring (bicyclic) bond motifs is 2. The topological polar surface area (TPSA) is 95.5 Å². The second kappa shape index (κ2) is 9.03. The summed E-state index contributed by atoms with van der Waals surface area (Å²) in [5.41, 5.74) is 0.775. The van der Waals surface area contributed by atoms with Gasteiger partial charge in [-0.05, 0) is 50.2 Å². The van der Waals surface area contributed by atoms with E-state index >= 15 is 0 Å². The molecule has 3 aromatic rings. The number of benzene rings is 3. The van der Waals surface area contributed by atoms with Gasteiger partial charge in [0.05, 0.1) is 20.3 Å². The minimum Gasteiger partial charge on any atom is -0.497 e. The normalized spacial score (nSPS) is 20.0. The lowest BCUT2D eigenvalue weighted by molar-refractivity contribution is -0.140. The molecule has 1 amide bonds. The van der Waals surface area contributed by atoms with E-state index in [1.54, 1.807) is 67.8 Å². The van der Waals surface area contributed by atoms with Crippen molar-refractivity contribution in [2.75, 3.05) is 19.5 Å². The highest BCUT2D eigenvalue weighted by Gasteiger charge is 2.63. The lowest BCUT2D eigenvalue weighted by Crippen LogP contribution is -2.46. The van der Waals surface area contributed by atoms with Crippen molar-refractivity contribution < 1.29 is 28.6 Å². The van der Waals surface area contributed by atoms with Crippen LogP contribution in [0, 0.1) is 5.92 Å². The molecule has 0 radical (unpaired) electrons. The van der Waals surface area contributed by atoms with Crippen LogP contribution in [-0.2, 0) is 15.2 Å². The van der Waals surface area contributed by atoms with Crippen LogP contribution in [0.5, 0.6) is 17.2 Å². The molecule has 0 saturated heterocycles. The molecule has 1 spiro atoms. The zero-order valence-electron chi connectivity index (χ0n) is 20.4. The summed E-state index contributed by atoms with van der Waals surface area (Å²) < 4.78 is 16.7. The number of oxime groups is 1. The highest BCUT2D eigenvalue weighted by molar-refractivity contribution is 6.25. The fraction of sp³-hybridized carbons (Fsp3) is 0.250. The standard InChI is InChI=1S/C28H26N2O6/c1-16(2)35-22-13-12-17(15-23(22)34-4)25-24(26(31)18-8-7-9-19(14-18)33-3)28(36-30-25)20-10-5-6-11-21(20)29-27(28)32/h5-16,24H,1-4H3,(H,29,32). The maximum atomic E-state index is 14.1. The quantitative estimate of drug-likeness (QED) is 0.492. The Labute approximate surface area is 208 Å². The van der Waals surface area contributed by atoms with Crippen molar-refractivity contribution in [3.05, 3.63) is 83.4 Å². The number of nitrogens with zero attached hydrogens (tertiary/aromatic N) is 1. The van der Waals surface area contributed by atoms with E-state index in [4.69, 9.17) is 19.0 Å². The second-order valence-electron chi connectivity index (χ2n) is 8.86. The highest BCUT2D eigenvalue weighted by Crippen LogP contribution is 2.50. The summed E-state index contributed by atoms with van der Waals surface area (Å²) in [4.78, 5) is 33.5. The van der Waals surface area contributed by atoms with Crippen molar-refractivity contribution in [3.8, 4) is 17.2 Å². The molecule has 2 atom stereocenters. The van der Waals surface area contributed by atoms with E-state index in [9.17, 15) is 9.59 Å². The summed E-state index contributed by atoms with van der Waals surface area (Å²) in [5, 5.41) is 7.19. The van der Waals surface area contributed by atoms with E-state index in [0.717, 1.165) is 0 Å². The summed E-state index contributed by atoms with van der Waals surface area (Å²) in [6.45, 7) is 3.84. The SMILES string of the molecule is COc1cccc(C(=O)C2C(c3ccc(OC(C)C)c(OC)c3)=NOC23C(=O)Nc2ccccc23)c1. The molecule has 2 unspecified atom stereocenters. The molecule has 5 rings (SSSR count). The summed E-state index contributed by atoms with van der Waals surface area (Å²) in [6, 6.07) is 19.3. The van der Waals surface area contributed by atoms with Gasteiger partial charge in [-0.1, -0.05) is 35.5 Å². The predicted octanol–water partition coefficient (Wildman–Crippen LogP) is 4.57. The maximum Gasteiger partial charge on any atom is 0.277 e. The number of ketones is 1. The molecule has 3 aromatic carbocycles. The van der Waals surface area contributed by atoms with Gasteiger partial charge in [-0.25, -0.2) is 0 Å². The monoisotopic (exact) mass is 486 g/mol. The molecule has 0 fully saturated rings. The average molecular weight is 487 g/mol. The first-order valence-corrected chi connectivity index (χ1v) is 11.6. The third-order valence-electron chi connectivity index (χ3n) is 6.32. The Morgan fingerprint density at radius 2 is 1.81 bits per heavy atom. The average Bonchev–Trinajstić information content (AvgIpc) is 3.42. The number of rotatable bonds is 7. The van der Waals surface area contributed by atoms with Crippen LogP contribution in [0.1, 0.15) is 35.3 Å². The van der Waals surface area contributed by atoms with Gasteiger partial charge in [-0.2, -0.15) is 0 Å². The number of Topliss-reactive ketones (excluding diaryl/α,β-unsaturated/α-hetero) is 1. The highest BCUT2D eigenvalue weighted by atomic mass is 16.7. The minimum atomic E-state index is -1.65. The molecular formula is C28H26N2O6. The predicted molar refractivity (Wildman–Crippen MR) is 134 cm³/mol. The Hall–Kier alpha value is -4.33. The first-order chi connectivity index (χ1) is 17.4. The number of para-hydroxylation sites is 1. The summed E-state index contributed by atoms with van der Waals surface area (Å²) in [5.74, 6) is -0.261. The maximum absolute atomic E-state index is 14.1. The van der Waals surface area contributed by atoms with Crippen molar-refractivity contribution in [2.24, 2.45) is 11.1 Å². The van der Waals surface area contributed by atoms with E-state index in [-0.39, 0.29) is 11.9 Å². The third-order valence-corrected chi connectivity index (χ3v) is 6.32. The van der Waals surface area contributed by atoms with E-state index in [1.165, 1.54) is 7.11 Å². The zero-order chi connectivity index (χ0) is 25.4. The lowest BCUT2D eigenvalue weighted by atomic mass is 9.74. The third kappa shape index (κ3) is 3.66. The number of methoxy groups -OCH3 is 2. The van der Waals surface area contributed by atoms with E-state index < -0.39 is 17.4 Å². The molecule has 0 bridgehead atoms. The molecule has 0 aromatic heterocycles. The summed E-state index contributed by atoms with van der Waals surface area (Å²) in [7, 11) is 3.07. The Morgan fingerprint density at radius 1 is 1.00 bits per heavy atom. The number of hydrogen-bond acceptors (Lipinski definition) is 7. The van der Waals surface area contributed by atoms with Gasteiger partial charge in [-0.15, -0.1) is 0 Å². The number of nitrogens with one attached hydrogen (secondary N) is 1. The van der Waals surface area contributed by atoms with Gasteiger partial charge in [0.2, 0.25) is 0 Å². The Morgan fingerprint density at radius 3 is 2.56 bits per heavy atom. The van der Waals surface area contributed by atoms with Crippen LogP contribution < -0.4 is 19.5 Å². The van der Waals surface area contributed by atoms with Crippen molar-refractivity contribution in [1.82, 2.24) is 0 Å².